The van der Waals surface area contributed by atoms with Crippen LogP contribution in [0, 0.1) is 11.3 Å². The average molecular weight is 398 g/mol. The van der Waals surface area contributed by atoms with Crippen molar-refractivity contribution in [3.63, 3.8) is 0 Å². The van der Waals surface area contributed by atoms with Crippen LogP contribution in [0.15, 0.2) is 18.3 Å². The number of carbonyl (C=O) groups is 1. The summed E-state index contributed by atoms with van der Waals surface area (Å²) < 4.78 is 1.23. The Balaban J connectivity index is 2.58. The second-order valence-corrected chi connectivity index (χ2v) is 6.17. The van der Waals surface area contributed by atoms with Crippen molar-refractivity contribution in [3.05, 3.63) is 39.0 Å². The highest BCUT2D eigenvalue weighted by Crippen LogP contribution is 2.36. The van der Waals surface area contributed by atoms with Gasteiger partial charge in [0.15, 0.2) is 10.7 Å². The number of hydrogen-bond donors (Lipinski definition) is 1. The lowest BCUT2D eigenvalue weighted by atomic mass is 10.3. The molecule has 1 aromatic carbocycles. The predicted molar refractivity (Wildman–Crippen MR) is 87.4 cm³/mol. The highest BCUT2D eigenvalue weighted by atomic mass is 35.5. The minimum Gasteiger partial charge on any atom is -0.307 e. The van der Waals surface area contributed by atoms with Crippen LogP contribution in [-0.2, 0) is 4.79 Å². The van der Waals surface area contributed by atoms with E-state index in [2.05, 4.69) is 10.4 Å². The number of alkyl halides is 2. The molecule has 0 atom stereocenters. The Labute approximate surface area is 150 Å². The summed E-state index contributed by atoms with van der Waals surface area (Å²) in [6, 6.07) is 4.94. The first-order valence-electron chi connectivity index (χ1n) is 5.57. The zero-order chi connectivity index (χ0) is 16.4. The Hall–Kier alpha value is -1.16. The van der Waals surface area contributed by atoms with Crippen LogP contribution in [0.3, 0.4) is 0 Å². The van der Waals surface area contributed by atoms with Gasteiger partial charge in [0.1, 0.15) is 11.6 Å². The minimum atomic E-state index is -1.31. The molecule has 0 spiro atoms. The van der Waals surface area contributed by atoms with Gasteiger partial charge in [-0.15, -0.1) is 0 Å². The fourth-order valence-electron chi connectivity index (χ4n) is 1.58. The lowest BCUT2D eigenvalue weighted by Gasteiger charge is -2.12. The number of nitrogens with one attached hydrogen (secondary N) is 1. The van der Waals surface area contributed by atoms with Crippen LogP contribution in [0.5, 0.6) is 0 Å². The van der Waals surface area contributed by atoms with E-state index in [-0.39, 0.29) is 26.4 Å². The third-order valence-electron chi connectivity index (χ3n) is 2.57. The van der Waals surface area contributed by atoms with E-state index in [0.717, 1.165) is 0 Å². The van der Waals surface area contributed by atoms with Gasteiger partial charge in [0.2, 0.25) is 0 Å². The SMILES string of the molecule is N#Cc1cnn(-c2ccc(Cl)c(Cl)c2Cl)c1NC(=O)C(Cl)Cl. The highest BCUT2D eigenvalue weighted by molar-refractivity contribution is 6.54. The monoisotopic (exact) mass is 396 g/mol. The number of amides is 1. The number of hydrogen-bond acceptors (Lipinski definition) is 3. The number of benzene rings is 1. The number of nitrogens with zero attached hydrogens (tertiary/aromatic N) is 3. The smallest absolute Gasteiger partial charge is 0.258 e. The van der Waals surface area contributed by atoms with Crippen molar-refractivity contribution >= 4 is 69.7 Å². The van der Waals surface area contributed by atoms with Crippen LogP contribution in [-0.4, -0.2) is 20.5 Å². The molecule has 22 heavy (non-hydrogen) atoms. The zero-order valence-corrected chi connectivity index (χ0v) is 14.2. The Bertz CT molecular complexity index is 781. The van der Waals surface area contributed by atoms with Crippen molar-refractivity contribution in [1.29, 1.82) is 5.26 Å². The van der Waals surface area contributed by atoms with Crippen molar-refractivity contribution in [3.8, 4) is 11.8 Å². The van der Waals surface area contributed by atoms with Gasteiger partial charge in [-0.3, -0.25) is 4.79 Å². The van der Waals surface area contributed by atoms with E-state index < -0.39 is 10.7 Å². The second kappa shape index (κ2) is 6.95. The quantitative estimate of drug-likeness (QED) is 0.613. The molecule has 10 heteroatoms. The van der Waals surface area contributed by atoms with E-state index in [1.165, 1.54) is 16.9 Å². The van der Waals surface area contributed by atoms with Gasteiger partial charge in [0.05, 0.1) is 27.0 Å². The van der Waals surface area contributed by atoms with E-state index in [4.69, 9.17) is 63.3 Å². The van der Waals surface area contributed by atoms with Gasteiger partial charge in [-0.05, 0) is 12.1 Å². The van der Waals surface area contributed by atoms with Gasteiger partial charge in [0.25, 0.3) is 5.91 Å². The van der Waals surface area contributed by atoms with E-state index in [1.807, 2.05) is 6.07 Å². The first-order valence-corrected chi connectivity index (χ1v) is 7.58. The van der Waals surface area contributed by atoms with Gasteiger partial charge in [-0.25, -0.2) is 4.68 Å². The number of rotatable bonds is 3. The summed E-state index contributed by atoms with van der Waals surface area (Å²) in [5.41, 5.74) is 0.429. The molecule has 5 nitrogen and oxygen atoms in total. The average Bonchev–Trinajstić information content (AvgIpc) is 2.87. The maximum Gasteiger partial charge on any atom is 0.258 e. The third kappa shape index (κ3) is 3.27. The summed E-state index contributed by atoms with van der Waals surface area (Å²) in [4.78, 5) is 10.4. The number of nitriles is 1. The molecule has 0 radical (unpaired) electrons. The molecule has 114 valence electrons. The van der Waals surface area contributed by atoms with Crippen molar-refractivity contribution in [2.24, 2.45) is 0 Å². The second-order valence-electron chi connectivity index (χ2n) is 3.91. The van der Waals surface area contributed by atoms with E-state index >= 15 is 0 Å². The molecule has 1 N–H and O–H groups in total. The van der Waals surface area contributed by atoms with E-state index in [0.29, 0.717) is 5.69 Å². The molecule has 1 amide bonds. The molecule has 0 saturated carbocycles. The maximum absolute atomic E-state index is 11.7. The van der Waals surface area contributed by atoms with Gasteiger partial charge in [-0.2, -0.15) is 10.4 Å². The standard InChI is InChI=1S/C12H5Cl5N4O/c13-6-1-2-7(9(15)8(6)14)21-11(5(3-18)4-19-21)20-12(22)10(16)17/h1-2,4,10H,(H,20,22). The van der Waals surface area contributed by atoms with Crippen LogP contribution in [0.2, 0.25) is 15.1 Å². The molecule has 0 fully saturated rings. The predicted octanol–water partition coefficient (Wildman–Crippen LogP) is 4.45. The van der Waals surface area contributed by atoms with Crippen molar-refractivity contribution in [1.82, 2.24) is 9.78 Å². The Morgan fingerprint density at radius 2 is 1.95 bits per heavy atom. The molecular weight excluding hydrogens is 393 g/mol. The molecule has 2 rings (SSSR count). The number of aromatic nitrogens is 2. The van der Waals surface area contributed by atoms with Crippen LogP contribution in [0.4, 0.5) is 5.82 Å². The summed E-state index contributed by atoms with van der Waals surface area (Å²) in [5, 5.41) is 16.0. The van der Waals surface area contributed by atoms with Gasteiger partial charge in [0, 0.05) is 0 Å². The molecule has 0 unspecified atom stereocenters. The fourth-order valence-corrected chi connectivity index (χ4v) is 2.30. The van der Waals surface area contributed by atoms with Crippen LogP contribution in [0.25, 0.3) is 5.69 Å². The van der Waals surface area contributed by atoms with Crippen LogP contribution in [0.1, 0.15) is 5.56 Å². The number of carbonyl (C=O) groups excluding carboxylic acids is 1. The van der Waals surface area contributed by atoms with Crippen LogP contribution < -0.4 is 5.32 Å². The lowest BCUT2D eigenvalue weighted by molar-refractivity contribution is -0.114. The van der Waals surface area contributed by atoms with Gasteiger partial charge in [-0.1, -0.05) is 58.0 Å². The van der Waals surface area contributed by atoms with Gasteiger partial charge < -0.3 is 5.32 Å². The number of anilines is 1. The third-order valence-corrected chi connectivity index (χ3v) is 4.25. The summed E-state index contributed by atoms with van der Waals surface area (Å²) in [6.45, 7) is 0. The molecule has 0 aliphatic heterocycles. The first kappa shape index (κ1) is 17.2. The highest BCUT2D eigenvalue weighted by Gasteiger charge is 2.21. The van der Waals surface area contributed by atoms with E-state index in [1.54, 1.807) is 6.07 Å². The summed E-state index contributed by atoms with van der Waals surface area (Å²) in [5.74, 6) is -0.642. The summed E-state index contributed by atoms with van der Waals surface area (Å²) in [6.07, 6.45) is 1.26. The molecule has 0 bridgehead atoms. The molecular formula is C12H5Cl5N4O. The fraction of sp³-hybridized carbons (Fsp3) is 0.0833. The van der Waals surface area contributed by atoms with Crippen molar-refractivity contribution in [2.45, 2.75) is 4.84 Å². The zero-order valence-electron chi connectivity index (χ0n) is 10.4. The topological polar surface area (TPSA) is 70.7 Å². The summed E-state index contributed by atoms with van der Waals surface area (Å²) in [7, 11) is 0. The Morgan fingerprint density at radius 1 is 1.27 bits per heavy atom. The number of halogens is 5. The Morgan fingerprint density at radius 3 is 2.55 bits per heavy atom. The normalized spacial score (nSPS) is 10.6. The summed E-state index contributed by atoms with van der Waals surface area (Å²) >= 11 is 29.0. The van der Waals surface area contributed by atoms with Crippen LogP contribution >= 0.6 is 58.0 Å². The largest absolute Gasteiger partial charge is 0.307 e. The lowest BCUT2D eigenvalue weighted by Crippen LogP contribution is -2.21. The molecule has 0 aliphatic rings. The molecule has 0 aliphatic carbocycles. The maximum atomic E-state index is 11.7. The Kier molecular flexibility index (Phi) is 5.43. The first-order chi connectivity index (χ1) is 10.4. The molecule has 1 heterocycles. The molecule has 2 aromatic rings. The minimum absolute atomic E-state index is 0.0686. The van der Waals surface area contributed by atoms with Gasteiger partial charge >= 0.3 is 0 Å². The van der Waals surface area contributed by atoms with E-state index in [9.17, 15) is 4.79 Å². The van der Waals surface area contributed by atoms with Crippen molar-refractivity contribution in [2.75, 3.05) is 5.32 Å². The molecule has 0 saturated heterocycles. The molecule has 1 aromatic heterocycles. The van der Waals surface area contributed by atoms with Crippen molar-refractivity contribution < 1.29 is 4.79 Å².